The molecule has 0 saturated heterocycles. The van der Waals surface area contributed by atoms with E-state index in [-0.39, 0.29) is 0 Å². The molecule has 0 saturated carbocycles. The quantitative estimate of drug-likeness (QED) is 0.569. The number of allylic oxidation sites excluding steroid dienone is 8. The van der Waals surface area contributed by atoms with Gasteiger partial charge in [0.2, 0.25) is 0 Å². The molecule has 0 N–H and O–H groups in total. The maximum absolute atomic E-state index is 2.32. The van der Waals surface area contributed by atoms with Crippen molar-refractivity contribution in [3.05, 3.63) is 46.6 Å². The molecule has 0 unspecified atom stereocenters. The number of rotatable bonds is 3. The summed E-state index contributed by atoms with van der Waals surface area (Å²) in [4.78, 5) is 0. The molecule has 0 aromatic heterocycles. The van der Waals surface area contributed by atoms with Crippen LogP contribution in [0, 0.1) is 0 Å². The molecule has 0 amide bonds. The maximum Gasteiger partial charge on any atom is -0.0154 e. The Morgan fingerprint density at radius 2 is 2.00 bits per heavy atom. The Balaban J connectivity index is 2.78. The van der Waals surface area contributed by atoms with Crippen LogP contribution in [0.2, 0.25) is 0 Å². The minimum absolute atomic E-state index is 1.11. The SMILES string of the molecule is CCC1=CCC=C1/C=C(/C)C=C(C)C. The highest BCUT2D eigenvalue weighted by Crippen LogP contribution is 2.24. The normalized spacial score (nSPS) is 16.4. The minimum Gasteiger partial charge on any atom is -0.0769 e. The van der Waals surface area contributed by atoms with E-state index in [2.05, 4.69) is 52.0 Å². The Morgan fingerprint density at radius 3 is 2.57 bits per heavy atom. The second kappa shape index (κ2) is 4.99. The highest BCUT2D eigenvalue weighted by molar-refractivity contribution is 5.47. The molecule has 0 heterocycles. The molecule has 0 aliphatic heterocycles. The predicted molar refractivity (Wildman–Crippen MR) is 64.3 cm³/mol. The van der Waals surface area contributed by atoms with Gasteiger partial charge in [-0.05, 0) is 44.8 Å². The van der Waals surface area contributed by atoms with Crippen LogP contribution in [0.4, 0.5) is 0 Å². The Labute approximate surface area is 87.7 Å². The largest absolute Gasteiger partial charge is 0.0769 e. The standard InChI is InChI=1S/C14H20/c1-5-13-7-6-8-14(13)10-12(4)9-11(2)3/h7-10H,5-6H2,1-4H3/b12-10-. The van der Waals surface area contributed by atoms with Crippen molar-refractivity contribution in [2.24, 2.45) is 0 Å². The third-order valence-corrected chi connectivity index (χ3v) is 2.35. The molecular formula is C14H20. The van der Waals surface area contributed by atoms with Gasteiger partial charge in [0.05, 0.1) is 0 Å². The first kappa shape index (κ1) is 11.0. The van der Waals surface area contributed by atoms with Crippen LogP contribution in [0.5, 0.6) is 0 Å². The van der Waals surface area contributed by atoms with Gasteiger partial charge < -0.3 is 0 Å². The van der Waals surface area contributed by atoms with E-state index in [9.17, 15) is 0 Å². The van der Waals surface area contributed by atoms with Gasteiger partial charge in [-0.25, -0.2) is 0 Å². The van der Waals surface area contributed by atoms with Gasteiger partial charge in [-0.15, -0.1) is 0 Å². The molecule has 1 aliphatic rings. The van der Waals surface area contributed by atoms with E-state index in [0.717, 1.165) is 12.8 Å². The summed E-state index contributed by atoms with van der Waals surface area (Å²) in [7, 11) is 0. The van der Waals surface area contributed by atoms with E-state index in [0.29, 0.717) is 0 Å². The number of hydrogen-bond acceptors (Lipinski definition) is 0. The summed E-state index contributed by atoms with van der Waals surface area (Å²) < 4.78 is 0. The van der Waals surface area contributed by atoms with Crippen molar-refractivity contribution in [2.75, 3.05) is 0 Å². The van der Waals surface area contributed by atoms with Crippen LogP contribution in [-0.4, -0.2) is 0 Å². The molecule has 0 fully saturated rings. The summed E-state index contributed by atoms with van der Waals surface area (Å²) >= 11 is 0. The highest BCUT2D eigenvalue weighted by Gasteiger charge is 2.04. The van der Waals surface area contributed by atoms with E-state index in [4.69, 9.17) is 0 Å². The van der Waals surface area contributed by atoms with Gasteiger partial charge >= 0.3 is 0 Å². The Hall–Kier alpha value is -1.04. The Morgan fingerprint density at radius 1 is 1.29 bits per heavy atom. The van der Waals surface area contributed by atoms with Crippen molar-refractivity contribution in [1.29, 1.82) is 0 Å². The fraction of sp³-hybridized carbons (Fsp3) is 0.429. The second-order valence-corrected chi connectivity index (χ2v) is 4.09. The van der Waals surface area contributed by atoms with Crippen LogP contribution < -0.4 is 0 Å². The third-order valence-electron chi connectivity index (χ3n) is 2.35. The lowest BCUT2D eigenvalue weighted by atomic mass is 10.0. The summed E-state index contributed by atoms with van der Waals surface area (Å²) in [5.74, 6) is 0. The van der Waals surface area contributed by atoms with Gasteiger partial charge in [0.15, 0.2) is 0 Å². The molecule has 0 aromatic rings. The monoisotopic (exact) mass is 188 g/mol. The fourth-order valence-electron chi connectivity index (χ4n) is 1.82. The van der Waals surface area contributed by atoms with E-state index in [1.807, 2.05) is 0 Å². The van der Waals surface area contributed by atoms with Crippen LogP contribution in [0.3, 0.4) is 0 Å². The van der Waals surface area contributed by atoms with Crippen molar-refractivity contribution >= 4 is 0 Å². The fourth-order valence-corrected chi connectivity index (χ4v) is 1.82. The van der Waals surface area contributed by atoms with Gasteiger partial charge in [0, 0.05) is 0 Å². The third kappa shape index (κ3) is 3.02. The molecule has 1 rings (SSSR count). The Bertz CT molecular complexity index is 318. The second-order valence-electron chi connectivity index (χ2n) is 4.09. The van der Waals surface area contributed by atoms with Crippen LogP contribution in [0.25, 0.3) is 0 Å². The molecule has 0 radical (unpaired) electrons. The molecule has 0 nitrogen and oxygen atoms in total. The first-order chi connectivity index (χ1) is 6.63. The van der Waals surface area contributed by atoms with Crippen molar-refractivity contribution in [3.8, 4) is 0 Å². The summed E-state index contributed by atoms with van der Waals surface area (Å²) in [6, 6.07) is 0. The molecule has 0 bridgehead atoms. The minimum atomic E-state index is 1.11. The summed E-state index contributed by atoms with van der Waals surface area (Å²) in [5.41, 5.74) is 5.62. The van der Waals surface area contributed by atoms with Crippen molar-refractivity contribution < 1.29 is 0 Å². The average molecular weight is 188 g/mol. The van der Waals surface area contributed by atoms with E-state index >= 15 is 0 Å². The lowest BCUT2D eigenvalue weighted by Crippen LogP contribution is -1.82. The summed E-state index contributed by atoms with van der Waals surface area (Å²) in [5, 5.41) is 0. The molecule has 0 spiro atoms. The van der Waals surface area contributed by atoms with Gasteiger partial charge in [0.1, 0.15) is 0 Å². The lowest BCUT2D eigenvalue weighted by Gasteiger charge is -2.02. The van der Waals surface area contributed by atoms with Crippen LogP contribution in [0.15, 0.2) is 46.6 Å². The van der Waals surface area contributed by atoms with Crippen LogP contribution in [0.1, 0.15) is 40.5 Å². The molecule has 14 heavy (non-hydrogen) atoms. The van der Waals surface area contributed by atoms with Crippen molar-refractivity contribution in [1.82, 2.24) is 0 Å². The average Bonchev–Trinajstić information content (AvgIpc) is 2.50. The number of hydrogen-bond donors (Lipinski definition) is 0. The smallest absolute Gasteiger partial charge is 0.0154 e. The summed E-state index contributed by atoms with van der Waals surface area (Å²) in [6.45, 7) is 8.66. The van der Waals surface area contributed by atoms with E-state index in [1.54, 1.807) is 0 Å². The lowest BCUT2D eigenvalue weighted by molar-refractivity contribution is 1.13. The zero-order valence-corrected chi connectivity index (χ0v) is 9.72. The topological polar surface area (TPSA) is 0 Å². The molecule has 0 aromatic carbocycles. The first-order valence-corrected chi connectivity index (χ1v) is 5.36. The van der Waals surface area contributed by atoms with Crippen LogP contribution in [-0.2, 0) is 0 Å². The molecule has 76 valence electrons. The van der Waals surface area contributed by atoms with Gasteiger partial charge in [-0.3, -0.25) is 0 Å². The summed E-state index contributed by atoms with van der Waals surface area (Å²) in [6.07, 6.45) is 11.4. The van der Waals surface area contributed by atoms with Gasteiger partial charge in [0.25, 0.3) is 0 Å². The zero-order valence-electron chi connectivity index (χ0n) is 9.72. The maximum atomic E-state index is 2.32. The Kier molecular flexibility index (Phi) is 3.94. The molecule has 0 atom stereocenters. The van der Waals surface area contributed by atoms with Crippen molar-refractivity contribution in [3.63, 3.8) is 0 Å². The highest BCUT2D eigenvalue weighted by atomic mass is 14.1. The molecule has 0 heteroatoms. The first-order valence-electron chi connectivity index (χ1n) is 5.36. The van der Waals surface area contributed by atoms with Gasteiger partial charge in [-0.2, -0.15) is 0 Å². The van der Waals surface area contributed by atoms with Crippen LogP contribution >= 0.6 is 0 Å². The molecular weight excluding hydrogens is 168 g/mol. The predicted octanol–water partition coefficient (Wildman–Crippen LogP) is 4.57. The van der Waals surface area contributed by atoms with E-state index in [1.165, 1.54) is 22.3 Å². The van der Waals surface area contributed by atoms with Gasteiger partial charge in [-0.1, -0.05) is 42.4 Å². The molecule has 1 aliphatic carbocycles. The zero-order chi connectivity index (χ0) is 10.6. The van der Waals surface area contributed by atoms with E-state index < -0.39 is 0 Å². The van der Waals surface area contributed by atoms with Crippen molar-refractivity contribution in [2.45, 2.75) is 40.5 Å².